The molecule has 4 heterocycles. The van der Waals surface area contributed by atoms with E-state index in [1.165, 1.54) is 80.0 Å². The van der Waals surface area contributed by atoms with Crippen molar-refractivity contribution < 1.29 is 47.7 Å². The molecule has 0 radical (unpaired) electrons. The zero-order valence-corrected chi connectivity index (χ0v) is 45.4. The predicted octanol–water partition coefficient (Wildman–Crippen LogP) is 11.3. The number of carbonyl (C=O) groups excluding carboxylic acids is 5. The van der Waals surface area contributed by atoms with Crippen LogP contribution in [0.2, 0.25) is 0 Å². The number of benzene rings is 2. The Labute approximate surface area is 431 Å². The molecule has 2 spiro atoms. The van der Waals surface area contributed by atoms with E-state index in [-0.39, 0.29) is 41.6 Å². The molecular weight excluding hydrogens is 913 g/mol. The van der Waals surface area contributed by atoms with Crippen LogP contribution in [0.5, 0.6) is 11.5 Å². The molecule has 72 heavy (non-hydrogen) atoms. The van der Waals surface area contributed by atoms with Crippen LogP contribution < -0.4 is 9.47 Å². The van der Waals surface area contributed by atoms with Gasteiger partial charge >= 0.3 is 18.3 Å². The Morgan fingerprint density at radius 1 is 0.583 bits per heavy atom. The summed E-state index contributed by atoms with van der Waals surface area (Å²) in [5.41, 5.74) is 4.61. The largest absolute Gasteiger partial charge is 0.490 e. The van der Waals surface area contributed by atoms with E-state index in [4.69, 9.17) is 33.3 Å². The molecule has 2 amide bonds. The second-order valence-electron chi connectivity index (χ2n) is 23.7. The van der Waals surface area contributed by atoms with Gasteiger partial charge in [-0.25, -0.2) is 9.59 Å². The molecule has 4 aliphatic heterocycles. The van der Waals surface area contributed by atoms with Gasteiger partial charge in [0.1, 0.15) is 28.8 Å². The van der Waals surface area contributed by atoms with Gasteiger partial charge < -0.3 is 33.5 Å². The van der Waals surface area contributed by atoms with Crippen molar-refractivity contribution in [1.29, 1.82) is 0 Å². The fourth-order valence-electron chi connectivity index (χ4n) is 12.3. The molecule has 14 nitrogen and oxygen atoms in total. The Morgan fingerprint density at radius 2 is 0.958 bits per heavy atom. The van der Waals surface area contributed by atoms with Gasteiger partial charge in [-0.2, -0.15) is 9.59 Å². The van der Waals surface area contributed by atoms with Crippen LogP contribution in [-0.2, 0) is 41.7 Å². The maximum Gasteiger partial charge on any atom is 0.410 e. The SMILES string of the molecule is CCC1CCC(Oc2cc(C)cc(CN3CCCC34CCN(C(=O)OC(C)(C)C)CC4)c2)CC1.Cc1cc(CN2CCCC23CCN(C(=O)OC(C)(C)C)CC3)cc(OC2CCC(OC=O)CC2)c1.O=C=O. The van der Waals surface area contributed by atoms with E-state index < -0.39 is 11.2 Å². The van der Waals surface area contributed by atoms with Gasteiger partial charge in [-0.3, -0.25) is 14.6 Å². The zero-order chi connectivity index (χ0) is 52.1. The van der Waals surface area contributed by atoms with Crippen molar-refractivity contribution in [2.45, 2.75) is 225 Å². The average Bonchev–Trinajstić information content (AvgIpc) is 3.88. The van der Waals surface area contributed by atoms with Crippen molar-refractivity contribution >= 4 is 24.8 Å². The van der Waals surface area contributed by atoms with Gasteiger partial charge in [0, 0.05) is 50.3 Å². The number of carbonyl (C=O) groups is 3. The topological polar surface area (TPSA) is 144 Å². The summed E-state index contributed by atoms with van der Waals surface area (Å²) in [6, 6.07) is 13.4. The molecule has 0 bridgehead atoms. The maximum atomic E-state index is 12.5. The minimum atomic E-state index is -0.459. The second kappa shape index (κ2) is 25.5. The minimum Gasteiger partial charge on any atom is -0.490 e. The Kier molecular flexibility index (Phi) is 20.1. The van der Waals surface area contributed by atoms with Crippen LogP contribution in [0.4, 0.5) is 9.59 Å². The standard InChI is InChI=1S/C29H46N2O3.C28H42N2O5.CO2/c1-6-23-8-10-25(11-9-23)33-26-19-22(2)18-24(20-26)21-31-15-7-12-29(31)13-16-30(17-14-29)27(32)34-28(3,4)5;1-21-16-22(18-25(17-21)34-24-8-6-23(7-9-24)33-20-31)19-30-13-5-10-28(30)11-14-29(15-12-28)26(32)35-27(2,3)4;2-1-3/h18-20,23,25H,6-17,21H2,1-5H3;16-18,20,23-24H,5-15,19H2,1-4H3;. The summed E-state index contributed by atoms with van der Waals surface area (Å²) >= 11 is 0. The summed E-state index contributed by atoms with van der Waals surface area (Å²) in [5.74, 6) is 2.87. The fourth-order valence-corrected chi connectivity index (χ4v) is 12.3. The number of rotatable bonds is 11. The molecule has 0 unspecified atom stereocenters. The molecule has 400 valence electrons. The van der Waals surface area contributed by atoms with Crippen LogP contribution >= 0.6 is 0 Å². The molecular formula is C58H88N4O10. The van der Waals surface area contributed by atoms with Crippen LogP contribution in [-0.4, -0.2) is 124 Å². The first-order valence-electron chi connectivity index (χ1n) is 27.3. The number of hydrogen-bond donors (Lipinski definition) is 0. The molecule has 0 atom stereocenters. The molecule has 2 aliphatic carbocycles. The highest BCUT2D eigenvalue weighted by Gasteiger charge is 2.46. The van der Waals surface area contributed by atoms with E-state index in [0.29, 0.717) is 12.6 Å². The van der Waals surface area contributed by atoms with Crippen LogP contribution in [0, 0.1) is 19.8 Å². The molecule has 6 aliphatic rings. The van der Waals surface area contributed by atoms with Crippen molar-refractivity contribution in [2.24, 2.45) is 5.92 Å². The van der Waals surface area contributed by atoms with Crippen molar-refractivity contribution in [1.82, 2.24) is 19.6 Å². The number of likely N-dealkylation sites (tertiary alicyclic amines) is 4. The first kappa shape index (κ1) is 56.6. The molecule has 0 aromatic heterocycles. The normalized spacial score (nSPS) is 24.2. The van der Waals surface area contributed by atoms with Crippen molar-refractivity contribution in [3.63, 3.8) is 0 Å². The summed E-state index contributed by atoms with van der Waals surface area (Å²) in [4.78, 5) is 61.0. The van der Waals surface area contributed by atoms with Gasteiger partial charge in [0.15, 0.2) is 0 Å². The summed E-state index contributed by atoms with van der Waals surface area (Å²) in [7, 11) is 0. The molecule has 14 heteroatoms. The lowest BCUT2D eigenvalue weighted by Gasteiger charge is -2.45. The quantitative estimate of drug-likeness (QED) is 0.156. The lowest BCUT2D eigenvalue weighted by Crippen LogP contribution is -2.53. The Morgan fingerprint density at radius 3 is 1.32 bits per heavy atom. The van der Waals surface area contributed by atoms with E-state index in [1.807, 2.05) is 51.3 Å². The number of nitrogens with zero attached hydrogens (tertiary/aromatic N) is 4. The highest BCUT2D eigenvalue weighted by molar-refractivity contribution is 5.68. The summed E-state index contributed by atoms with van der Waals surface area (Å²) in [5, 5.41) is 0. The Bertz CT molecular complexity index is 2100. The van der Waals surface area contributed by atoms with E-state index in [0.717, 1.165) is 121 Å². The van der Waals surface area contributed by atoms with Crippen molar-refractivity contribution in [2.75, 3.05) is 39.3 Å². The Hall–Kier alpha value is -4.65. The van der Waals surface area contributed by atoms with E-state index in [1.54, 1.807) is 0 Å². The van der Waals surface area contributed by atoms with E-state index in [9.17, 15) is 14.4 Å². The molecule has 2 aromatic rings. The van der Waals surface area contributed by atoms with Gasteiger partial charge in [-0.15, -0.1) is 0 Å². The first-order valence-corrected chi connectivity index (χ1v) is 27.3. The number of piperidine rings is 2. The monoisotopic (exact) mass is 1000 g/mol. The zero-order valence-electron chi connectivity index (χ0n) is 45.4. The molecule has 8 rings (SSSR count). The lowest BCUT2D eigenvalue weighted by molar-refractivity contribution is -0.191. The molecule has 2 aromatic carbocycles. The molecule has 2 saturated carbocycles. The second-order valence-corrected chi connectivity index (χ2v) is 23.7. The molecule has 4 saturated heterocycles. The highest BCUT2D eigenvalue weighted by Crippen LogP contribution is 2.42. The number of aryl methyl sites for hydroxylation is 2. The minimum absolute atomic E-state index is 0.0357. The smallest absolute Gasteiger partial charge is 0.410 e. The Balaban J connectivity index is 0.000000223. The van der Waals surface area contributed by atoms with Crippen LogP contribution in [0.25, 0.3) is 0 Å². The summed E-state index contributed by atoms with van der Waals surface area (Å²) in [6.07, 6.45) is 19.2. The number of ether oxygens (including phenoxy) is 5. The molecule has 6 fully saturated rings. The number of amides is 2. The van der Waals surface area contributed by atoms with Gasteiger partial charge in [-0.05, 0) is 224 Å². The first-order chi connectivity index (χ1) is 34.2. The van der Waals surface area contributed by atoms with Crippen molar-refractivity contribution in [3.8, 4) is 11.5 Å². The fraction of sp³-hybridized carbons (Fsp3) is 0.724. The predicted molar refractivity (Wildman–Crippen MR) is 277 cm³/mol. The van der Waals surface area contributed by atoms with Crippen LogP contribution in [0.3, 0.4) is 0 Å². The number of hydrogen-bond acceptors (Lipinski definition) is 12. The van der Waals surface area contributed by atoms with E-state index in [2.05, 4.69) is 67.0 Å². The van der Waals surface area contributed by atoms with Gasteiger partial charge in [0.25, 0.3) is 6.47 Å². The van der Waals surface area contributed by atoms with Gasteiger partial charge in [0.05, 0.1) is 12.2 Å². The lowest BCUT2D eigenvalue weighted by atomic mass is 9.84. The van der Waals surface area contributed by atoms with Crippen LogP contribution in [0.15, 0.2) is 36.4 Å². The van der Waals surface area contributed by atoms with Gasteiger partial charge in [-0.1, -0.05) is 25.5 Å². The third-order valence-corrected chi connectivity index (χ3v) is 16.0. The third-order valence-electron chi connectivity index (χ3n) is 16.0. The van der Waals surface area contributed by atoms with E-state index >= 15 is 0 Å². The maximum absolute atomic E-state index is 12.5. The molecule has 0 N–H and O–H groups in total. The average molecular weight is 1000 g/mol. The summed E-state index contributed by atoms with van der Waals surface area (Å²) < 4.78 is 29.2. The highest BCUT2D eigenvalue weighted by atomic mass is 16.6. The van der Waals surface area contributed by atoms with Crippen LogP contribution in [0.1, 0.15) is 180 Å². The van der Waals surface area contributed by atoms with Gasteiger partial charge in [0.2, 0.25) is 0 Å². The van der Waals surface area contributed by atoms with Crippen molar-refractivity contribution in [3.05, 3.63) is 58.7 Å². The third kappa shape index (κ3) is 16.4. The summed E-state index contributed by atoms with van der Waals surface area (Å²) in [6.45, 7) is 25.9.